The van der Waals surface area contributed by atoms with E-state index < -0.39 is 0 Å². The second-order valence-electron chi connectivity index (χ2n) is 4.22. The van der Waals surface area contributed by atoms with Gasteiger partial charge in [0.05, 0.1) is 13.3 Å². The van der Waals surface area contributed by atoms with Crippen LogP contribution in [0, 0.1) is 5.92 Å². The van der Waals surface area contributed by atoms with Crippen LogP contribution < -0.4 is 10.5 Å². The van der Waals surface area contributed by atoms with Crippen molar-refractivity contribution < 1.29 is 9.53 Å². The van der Waals surface area contributed by atoms with Gasteiger partial charge in [-0.1, -0.05) is 13.8 Å². The Morgan fingerprint density at radius 1 is 1.62 bits per heavy atom. The Hall–Kier alpha value is -1.36. The summed E-state index contributed by atoms with van der Waals surface area (Å²) in [5.74, 6) is 0.754. The highest BCUT2D eigenvalue weighted by molar-refractivity contribution is 5.97. The zero-order valence-corrected chi connectivity index (χ0v) is 10.2. The molecule has 1 unspecified atom stereocenters. The van der Waals surface area contributed by atoms with Gasteiger partial charge in [0.25, 0.3) is 0 Å². The smallest absolute Gasteiger partial charge is 0.186 e. The summed E-state index contributed by atoms with van der Waals surface area (Å²) in [5, 5.41) is 3.99. The number of carbonyl (C=O) groups is 1. The van der Waals surface area contributed by atoms with Gasteiger partial charge in [-0.2, -0.15) is 5.10 Å². The van der Waals surface area contributed by atoms with Crippen molar-refractivity contribution in [3.63, 3.8) is 0 Å². The monoisotopic (exact) mass is 225 g/mol. The second kappa shape index (κ2) is 5.12. The van der Waals surface area contributed by atoms with Crippen LogP contribution in [-0.2, 0) is 7.05 Å². The van der Waals surface area contributed by atoms with Gasteiger partial charge in [-0.25, -0.2) is 0 Å². The minimum atomic E-state index is -0.132. The van der Waals surface area contributed by atoms with E-state index in [2.05, 4.69) is 5.10 Å². The van der Waals surface area contributed by atoms with Crippen molar-refractivity contribution in [1.29, 1.82) is 0 Å². The van der Waals surface area contributed by atoms with Crippen molar-refractivity contribution >= 4 is 5.78 Å². The third-order valence-corrected chi connectivity index (χ3v) is 2.67. The number of methoxy groups -OCH3 is 1. The highest BCUT2D eigenvalue weighted by atomic mass is 16.5. The second-order valence-corrected chi connectivity index (χ2v) is 4.22. The Balaban J connectivity index is 2.84. The van der Waals surface area contributed by atoms with Gasteiger partial charge < -0.3 is 10.5 Å². The molecule has 0 radical (unpaired) electrons. The van der Waals surface area contributed by atoms with Crippen LogP contribution in [0.1, 0.15) is 30.8 Å². The molecule has 0 saturated carbocycles. The number of nitrogens with zero attached hydrogens (tertiary/aromatic N) is 2. The fraction of sp³-hybridized carbons (Fsp3) is 0.636. The van der Waals surface area contributed by atoms with Crippen LogP contribution in [0.4, 0.5) is 0 Å². The zero-order valence-electron chi connectivity index (χ0n) is 10.2. The highest BCUT2D eigenvalue weighted by Gasteiger charge is 2.21. The summed E-state index contributed by atoms with van der Waals surface area (Å²) in [7, 11) is 3.24. The summed E-state index contributed by atoms with van der Waals surface area (Å²) in [6.07, 6.45) is 1.85. The molecule has 1 heterocycles. The first kappa shape index (κ1) is 12.7. The van der Waals surface area contributed by atoms with Crippen LogP contribution in [0.5, 0.6) is 5.75 Å². The number of ketones is 1. The molecule has 0 aliphatic heterocycles. The number of carbonyl (C=O) groups excluding carboxylic acids is 1. The first-order valence-electron chi connectivity index (χ1n) is 5.32. The number of Topliss-reactive ketones (excluding diaryl/α,β-unsaturated/α-hetero) is 1. The fourth-order valence-electron chi connectivity index (χ4n) is 1.43. The molecular formula is C11H19N3O2. The van der Waals surface area contributed by atoms with Gasteiger partial charge >= 0.3 is 0 Å². The van der Waals surface area contributed by atoms with Crippen molar-refractivity contribution in [3.8, 4) is 5.75 Å². The molecular weight excluding hydrogens is 206 g/mol. The van der Waals surface area contributed by atoms with E-state index in [-0.39, 0.29) is 17.7 Å². The number of rotatable bonds is 5. The van der Waals surface area contributed by atoms with Gasteiger partial charge in [-0.05, 0) is 5.92 Å². The maximum absolute atomic E-state index is 12.0. The molecule has 1 aromatic heterocycles. The number of aryl methyl sites for hydroxylation is 1. The predicted molar refractivity (Wildman–Crippen MR) is 61.5 cm³/mol. The predicted octanol–water partition coefficient (Wildman–Crippen LogP) is 0.985. The lowest BCUT2D eigenvalue weighted by molar-refractivity contribution is 0.0955. The average Bonchev–Trinajstić information content (AvgIpc) is 2.59. The van der Waals surface area contributed by atoms with E-state index in [1.165, 1.54) is 18.0 Å². The van der Waals surface area contributed by atoms with Crippen LogP contribution in [-0.4, -0.2) is 28.7 Å². The molecule has 0 spiro atoms. The normalized spacial score (nSPS) is 12.9. The summed E-state index contributed by atoms with van der Waals surface area (Å²) >= 11 is 0. The van der Waals surface area contributed by atoms with Crippen LogP contribution in [0.3, 0.4) is 0 Å². The number of ether oxygens (including phenoxy) is 1. The van der Waals surface area contributed by atoms with E-state index in [4.69, 9.17) is 10.5 Å². The number of hydrogen-bond acceptors (Lipinski definition) is 4. The van der Waals surface area contributed by atoms with Crippen LogP contribution in [0.2, 0.25) is 0 Å². The van der Waals surface area contributed by atoms with E-state index in [9.17, 15) is 4.79 Å². The molecule has 1 rings (SSSR count). The molecule has 1 atom stereocenters. The van der Waals surface area contributed by atoms with Gasteiger partial charge in [-0.3, -0.25) is 9.48 Å². The molecule has 0 aliphatic carbocycles. The molecule has 90 valence electrons. The minimum absolute atomic E-state index is 0.0296. The Morgan fingerprint density at radius 2 is 2.25 bits per heavy atom. The summed E-state index contributed by atoms with van der Waals surface area (Å²) in [5.41, 5.74) is 6.36. The number of aromatic nitrogens is 2. The molecule has 16 heavy (non-hydrogen) atoms. The third kappa shape index (κ3) is 2.61. The maximum Gasteiger partial charge on any atom is 0.186 e. The van der Waals surface area contributed by atoms with Crippen molar-refractivity contribution in [2.24, 2.45) is 18.7 Å². The van der Waals surface area contributed by atoms with Crippen LogP contribution >= 0.6 is 0 Å². The Kier molecular flexibility index (Phi) is 4.06. The van der Waals surface area contributed by atoms with E-state index in [0.717, 1.165) is 0 Å². The van der Waals surface area contributed by atoms with E-state index in [1.54, 1.807) is 7.05 Å². The summed E-state index contributed by atoms with van der Waals surface area (Å²) < 4.78 is 6.61. The molecule has 1 aromatic rings. The van der Waals surface area contributed by atoms with Gasteiger partial charge in [0, 0.05) is 19.5 Å². The minimum Gasteiger partial charge on any atom is -0.493 e. The number of nitrogens with two attached hydrogens (primary N) is 1. The quantitative estimate of drug-likeness (QED) is 0.758. The maximum atomic E-state index is 12.0. The molecule has 0 aromatic carbocycles. The third-order valence-electron chi connectivity index (χ3n) is 2.67. The topological polar surface area (TPSA) is 70.1 Å². The molecule has 5 heteroatoms. The average molecular weight is 225 g/mol. The summed E-state index contributed by atoms with van der Waals surface area (Å²) in [6.45, 7) is 4.00. The van der Waals surface area contributed by atoms with Crippen molar-refractivity contribution in [3.05, 3.63) is 11.9 Å². The lowest BCUT2D eigenvalue weighted by Gasteiger charge is -2.14. The molecule has 5 nitrogen and oxygen atoms in total. The first-order chi connectivity index (χ1) is 7.47. The van der Waals surface area contributed by atoms with Gasteiger partial charge in [0.1, 0.15) is 5.69 Å². The van der Waals surface area contributed by atoms with E-state index >= 15 is 0 Å². The molecule has 0 aliphatic rings. The molecule has 2 N–H and O–H groups in total. The molecule has 0 fully saturated rings. The molecule has 0 amide bonds. The van der Waals surface area contributed by atoms with Gasteiger partial charge in [0.2, 0.25) is 0 Å². The highest BCUT2D eigenvalue weighted by Crippen LogP contribution is 2.19. The van der Waals surface area contributed by atoms with E-state index in [1.807, 2.05) is 13.8 Å². The lowest BCUT2D eigenvalue weighted by atomic mass is 9.98. The Labute approximate surface area is 95.6 Å². The van der Waals surface area contributed by atoms with E-state index in [0.29, 0.717) is 17.9 Å². The Morgan fingerprint density at radius 3 is 2.75 bits per heavy atom. The molecule has 0 saturated heterocycles. The van der Waals surface area contributed by atoms with Crippen molar-refractivity contribution in [2.75, 3.05) is 7.11 Å². The van der Waals surface area contributed by atoms with Crippen LogP contribution in [0.15, 0.2) is 6.20 Å². The standard InChI is InChI=1S/C11H19N3O2/c1-7(2)8(12)5-9(15)11-10(16-4)6-13-14(11)3/h6-8H,5,12H2,1-4H3. The SMILES string of the molecule is COc1cnn(C)c1C(=O)CC(N)C(C)C. The molecule has 0 bridgehead atoms. The Bertz CT molecular complexity index is 371. The number of hydrogen-bond donors (Lipinski definition) is 1. The summed E-state index contributed by atoms with van der Waals surface area (Å²) in [6, 6.07) is -0.132. The largest absolute Gasteiger partial charge is 0.493 e. The van der Waals surface area contributed by atoms with Crippen molar-refractivity contribution in [2.45, 2.75) is 26.3 Å². The van der Waals surface area contributed by atoms with Crippen molar-refractivity contribution in [1.82, 2.24) is 9.78 Å². The van der Waals surface area contributed by atoms with Gasteiger partial charge in [0.15, 0.2) is 11.5 Å². The lowest BCUT2D eigenvalue weighted by Crippen LogP contribution is -2.30. The van der Waals surface area contributed by atoms with Crippen LogP contribution in [0.25, 0.3) is 0 Å². The zero-order chi connectivity index (χ0) is 12.3. The van der Waals surface area contributed by atoms with Gasteiger partial charge in [-0.15, -0.1) is 0 Å². The summed E-state index contributed by atoms with van der Waals surface area (Å²) in [4.78, 5) is 12.0. The first-order valence-corrected chi connectivity index (χ1v) is 5.32. The fourth-order valence-corrected chi connectivity index (χ4v) is 1.43.